The van der Waals surface area contributed by atoms with E-state index in [-0.39, 0.29) is 25.2 Å². The van der Waals surface area contributed by atoms with E-state index < -0.39 is 47.5 Å². The molecule has 0 saturated carbocycles. The fourth-order valence-corrected chi connectivity index (χ4v) is 3.37. The summed E-state index contributed by atoms with van der Waals surface area (Å²) in [4.78, 5) is 50.9. The molecule has 8 nitrogen and oxygen atoms in total. The highest BCUT2D eigenvalue weighted by Gasteiger charge is 2.34. The van der Waals surface area contributed by atoms with Crippen molar-refractivity contribution in [2.24, 2.45) is 5.92 Å². The van der Waals surface area contributed by atoms with Gasteiger partial charge in [0.25, 0.3) is 11.8 Å². The molecule has 0 radical (unpaired) electrons. The van der Waals surface area contributed by atoms with Gasteiger partial charge in [-0.25, -0.2) is 13.6 Å². The average molecular weight is 409 g/mol. The van der Waals surface area contributed by atoms with Crippen LogP contribution in [0.3, 0.4) is 0 Å². The number of halogens is 2. The molecule has 0 aliphatic carbocycles. The van der Waals surface area contributed by atoms with E-state index >= 15 is 0 Å². The van der Waals surface area contributed by atoms with Crippen LogP contribution in [0.4, 0.5) is 13.6 Å². The molecule has 0 bridgehead atoms. The van der Waals surface area contributed by atoms with Gasteiger partial charge in [0.15, 0.2) is 6.10 Å². The van der Waals surface area contributed by atoms with Gasteiger partial charge in [-0.15, -0.1) is 0 Å². The molecule has 2 aliphatic rings. The van der Waals surface area contributed by atoms with Gasteiger partial charge in [0.05, 0.1) is 11.5 Å². The lowest BCUT2D eigenvalue weighted by Crippen LogP contribution is -2.44. The van der Waals surface area contributed by atoms with E-state index in [0.29, 0.717) is 25.5 Å². The third-order valence-corrected chi connectivity index (χ3v) is 5.04. The van der Waals surface area contributed by atoms with Gasteiger partial charge in [0.2, 0.25) is 0 Å². The number of nitrogens with one attached hydrogen (secondary N) is 1. The molecule has 2 fully saturated rings. The Labute approximate surface area is 165 Å². The Hall–Kier alpha value is -3.04. The summed E-state index contributed by atoms with van der Waals surface area (Å²) in [5.41, 5.74) is -0.226. The first kappa shape index (κ1) is 20.7. The lowest BCUT2D eigenvalue weighted by atomic mass is 9.96. The van der Waals surface area contributed by atoms with Crippen molar-refractivity contribution in [2.45, 2.75) is 25.9 Å². The first-order valence-electron chi connectivity index (χ1n) is 9.32. The Morgan fingerprint density at radius 1 is 1.17 bits per heavy atom. The van der Waals surface area contributed by atoms with E-state index in [9.17, 15) is 28.0 Å². The average Bonchev–Trinajstić information content (AvgIpc) is 3.12. The third kappa shape index (κ3) is 4.52. The maximum Gasteiger partial charge on any atom is 0.324 e. The van der Waals surface area contributed by atoms with E-state index in [2.05, 4.69) is 5.32 Å². The van der Waals surface area contributed by atoms with Gasteiger partial charge in [-0.2, -0.15) is 0 Å². The molecule has 2 aliphatic heterocycles. The summed E-state index contributed by atoms with van der Waals surface area (Å²) in [6.07, 6.45) is -0.517. The van der Waals surface area contributed by atoms with Gasteiger partial charge >= 0.3 is 12.0 Å². The van der Waals surface area contributed by atoms with Gasteiger partial charge in [0.1, 0.15) is 11.6 Å². The summed E-state index contributed by atoms with van der Waals surface area (Å²) >= 11 is 0. The molecule has 1 aromatic rings. The number of nitrogens with zero attached hydrogens (tertiary/aromatic N) is 2. The van der Waals surface area contributed by atoms with Crippen LogP contribution in [0.2, 0.25) is 0 Å². The molecule has 29 heavy (non-hydrogen) atoms. The van der Waals surface area contributed by atoms with Crippen molar-refractivity contribution in [1.29, 1.82) is 0 Å². The molecule has 1 aromatic carbocycles. The van der Waals surface area contributed by atoms with Crippen LogP contribution in [0.25, 0.3) is 0 Å². The van der Waals surface area contributed by atoms with Crippen LogP contribution in [-0.2, 0) is 14.3 Å². The third-order valence-electron chi connectivity index (χ3n) is 5.04. The number of imide groups is 1. The molecule has 1 atom stereocenters. The normalized spacial score (nSPS) is 18.4. The van der Waals surface area contributed by atoms with Crippen molar-refractivity contribution in [3.8, 4) is 0 Å². The summed E-state index contributed by atoms with van der Waals surface area (Å²) in [5.74, 6) is -3.96. The Morgan fingerprint density at radius 2 is 1.86 bits per heavy atom. The number of carbonyl (C=O) groups is 4. The SMILES string of the molecule is CC(OC(=O)C1CCN(C(=O)c2ccc(F)cc2F)CC1)C(=O)N1CCNC1=O. The van der Waals surface area contributed by atoms with Crippen molar-refractivity contribution >= 4 is 23.8 Å². The number of carbonyl (C=O) groups excluding carboxylic acids is 4. The first-order valence-corrected chi connectivity index (χ1v) is 9.32. The Kier molecular flexibility index (Phi) is 6.09. The van der Waals surface area contributed by atoms with Crippen LogP contribution < -0.4 is 5.32 Å². The highest BCUT2D eigenvalue weighted by molar-refractivity contribution is 5.98. The minimum absolute atomic E-state index is 0.201. The predicted molar refractivity (Wildman–Crippen MR) is 95.7 cm³/mol. The zero-order valence-corrected chi connectivity index (χ0v) is 15.8. The zero-order valence-electron chi connectivity index (χ0n) is 15.8. The van der Waals surface area contributed by atoms with Crippen molar-refractivity contribution in [3.05, 3.63) is 35.4 Å². The maximum absolute atomic E-state index is 13.8. The number of piperidine rings is 1. The predicted octanol–water partition coefficient (Wildman–Crippen LogP) is 1.30. The lowest BCUT2D eigenvalue weighted by molar-refractivity contribution is -0.162. The van der Waals surface area contributed by atoms with Gasteiger partial charge in [-0.1, -0.05) is 0 Å². The molecular formula is C19H21F2N3O5. The number of likely N-dealkylation sites (tertiary alicyclic amines) is 1. The van der Waals surface area contributed by atoms with Crippen LogP contribution in [0, 0.1) is 17.6 Å². The number of amides is 4. The standard InChI is InChI=1S/C19H21F2N3O5/c1-11(16(25)24-9-6-22-19(24)28)29-18(27)12-4-7-23(8-5-12)17(26)14-3-2-13(20)10-15(14)21/h2-3,10-12H,4-9H2,1H3,(H,22,28). The molecule has 3 rings (SSSR count). The topological polar surface area (TPSA) is 96.0 Å². The van der Waals surface area contributed by atoms with Crippen molar-refractivity contribution in [1.82, 2.24) is 15.1 Å². The fourth-order valence-electron chi connectivity index (χ4n) is 3.37. The largest absolute Gasteiger partial charge is 0.452 e. The van der Waals surface area contributed by atoms with E-state index in [1.165, 1.54) is 11.8 Å². The zero-order chi connectivity index (χ0) is 21.1. The first-order chi connectivity index (χ1) is 13.8. The second kappa shape index (κ2) is 8.54. The Bertz CT molecular complexity index is 839. The molecule has 156 valence electrons. The number of esters is 1. The smallest absolute Gasteiger partial charge is 0.324 e. The molecule has 1 N–H and O–H groups in total. The highest BCUT2D eigenvalue weighted by atomic mass is 19.1. The van der Waals surface area contributed by atoms with Crippen LogP contribution in [0.5, 0.6) is 0 Å². The number of urea groups is 1. The van der Waals surface area contributed by atoms with Gasteiger partial charge in [-0.05, 0) is 31.9 Å². The molecule has 2 heterocycles. The molecule has 0 spiro atoms. The summed E-state index contributed by atoms with van der Waals surface area (Å²) < 4.78 is 32.0. The minimum atomic E-state index is -1.10. The quantitative estimate of drug-likeness (QED) is 0.757. The van der Waals surface area contributed by atoms with Crippen molar-refractivity contribution in [3.63, 3.8) is 0 Å². The maximum atomic E-state index is 13.8. The van der Waals surface area contributed by atoms with E-state index in [1.807, 2.05) is 0 Å². The Balaban J connectivity index is 1.52. The summed E-state index contributed by atoms with van der Waals surface area (Å²) in [6, 6.07) is 2.24. The number of rotatable bonds is 4. The van der Waals surface area contributed by atoms with Crippen LogP contribution >= 0.6 is 0 Å². The van der Waals surface area contributed by atoms with Gasteiger partial charge in [-0.3, -0.25) is 19.3 Å². The number of hydrogen-bond donors (Lipinski definition) is 1. The second-order valence-corrected chi connectivity index (χ2v) is 6.99. The van der Waals surface area contributed by atoms with E-state index in [4.69, 9.17) is 4.74 Å². The number of hydrogen-bond acceptors (Lipinski definition) is 5. The van der Waals surface area contributed by atoms with Crippen LogP contribution in [0.1, 0.15) is 30.1 Å². The number of benzene rings is 1. The summed E-state index contributed by atoms with van der Waals surface area (Å²) in [7, 11) is 0. The molecule has 10 heteroatoms. The monoisotopic (exact) mass is 409 g/mol. The molecule has 0 aromatic heterocycles. The van der Waals surface area contributed by atoms with Crippen LogP contribution in [0.15, 0.2) is 18.2 Å². The van der Waals surface area contributed by atoms with Crippen LogP contribution in [-0.4, -0.2) is 65.9 Å². The minimum Gasteiger partial charge on any atom is -0.452 e. The molecule has 1 unspecified atom stereocenters. The van der Waals surface area contributed by atoms with E-state index in [0.717, 1.165) is 17.0 Å². The van der Waals surface area contributed by atoms with E-state index in [1.54, 1.807) is 0 Å². The van der Waals surface area contributed by atoms with Gasteiger partial charge < -0.3 is 15.0 Å². The molecular weight excluding hydrogens is 388 g/mol. The molecule has 2 saturated heterocycles. The lowest BCUT2D eigenvalue weighted by Gasteiger charge is -2.31. The second-order valence-electron chi connectivity index (χ2n) is 6.99. The Morgan fingerprint density at radius 3 is 2.45 bits per heavy atom. The summed E-state index contributed by atoms with van der Waals surface area (Å²) in [6.45, 7) is 2.38. The highest BCUT2D eigenvalue weighted by Crippen LogP contribution is 2.22. The fraction of sp³-hybridized carbons (Fsp3) is 0.474. The summed E-state index contributed by atoms with van der Waals surface area (Å²) in [5, 5.41) is 2.50. The number of ether oxygens (including phenoxy) is 1. The van der Waals surface area contributed by atoms with Gasteiger partial charge in [0, 0.05) is 32.2 Å². The van der Waals surface area contributed by atoms with Crippen molar-refractivity contribution in [2.75, 3.05) is 26.2 Å². The molecule has 4 amide bonds. The van der Waals surface area contributed by atoms with Crippen molar-refractivity contribution < 1.29 is 32.7 Å².